The lowest BCUT2D eigenvalue weighted by atomic mass is 10.0. The van der Waals surface area contributed by atoms with Gasteiger partial charge in [0.2, 0.25) is 17.6 Å². The highest BCUT2D eigenvalue weighted by atomic mass is 79.9. The fourth-order valence-electron chi connectivity index (χ4n) is 2.51. The standard InChI is InChI=1S/C20H19BrClN3O2/c1-12(2)13-3-5-14(6-4-13)20-24-19(27-25-20)10-9-18(26)23-17-8-7-15(21)11-16(17)22/h3-8,11-12H,9-10H2,1-2H3,(H,23,26). The number of rotatable bonds is 6. The molecule has 0 saturated carbocycles. The van der Waals surface area contributed by atoms with Gasteiger partial charge in [-0.3, -0.25) is 4.79 Å². The Hall–Kier alpha value is -2.18. The molecule has 1 N–H and O–H groups in total. The Morgan fingerprint density at radius 2 is 1.96 bits per heavy atom. The second kappa shape index (κ2) is 8.67. The SMILES string of the molecule is CC(C)c1ccc(-c2noc(CCC(=O)Nc3ccc(Br)cc3Cl)n2)cc1. The first-order valence-electron chi connectivity index (χ1n) is 8.60. The van der Waals surface area contributed by atoms with E-state index in [2.05, 4.69) is 57.4 Å². The van der Waals surface area contributed by atoms with Crippen molar-refractivity contribution in [2.75, 3.05) is 5.32 Å². The van der Waals surface area contributed by atoms with Crippen molar-refractivity contribution in [3.63, 3.8) is 0 Å². The van der Waals surface area contributed by atoms with Gasteiger partial charge in [0.1, 0.15) is 0 Å². The smallest absolute Gasteiger partial charge is 0.227 e. The van der Waals surface area contributed by atoms with Crippen molar-refractivity contribution in [1.82, 2.24) is 10.1 Å². The lowest BCUT2D eigenvalue weighted by molar-refractivity contribution is -0.116. The molecule has 140 valence electrons. The number of carbonyl (C=O) groups is 1. The minimum atomic E-state index is -0.166. The number of halogens is 2. The Morgan fingerprint density at radius 1 is 1.22 bits per heavy atom. The zero-order valence-electron chi connectivity index (χ0n) is 15.0. The van der Waals surface area contributed by atoms with E-state index in [-0.39, 0.29) is 12.3 Å². The maximum absolute atomic E-state index is 12.1. The lowest BCUT2D eigenvalue weighted by Crippen LogP contribution is -2.12. The van der Waals surface area contributed by atoms with Crippen LogP contribution < -0.4 is 5.32 Å². The van der Waals surface area contributed by atoms with Crippen molar-refractivity contribution >= 4 is 39.1 Å². The summed E-state index contributed by atoms with van der Waals surface area (Å²) < 4.78 is 6.12. The molecule has 0 spiro atoms. The van der Waals surface area contributed by atoms with Gasteiger partial charge < -0.3 is 9.84 Å². The Balaban J connectivity index is 1.58. The fraction of sp³-hybridized carbons (Fsp3) is 0.250. The van der Waals surface area contributed by atoms with E-state index in [1.807, 2.05) is 18.2 Å². The van der Waals surface area contributed by atoms with Crippen molar-refractivity contribution < 1.29 is 9.32 Å². The van der Waals surface area contributed by atoms with Crippen LogP contribution in [0.25, 0.3) is 11.4 Å². The highest BCUT2D eigenvalue weighted by Crippen LogP contribution is 2.26. The van der Waals surface area contributed by atoms with E-state index < -0.39 is 0 Å². The van der Waals surface area contributed by atoms with Crippen LogP contribution in [0.4, 0.5) is 5.69 Å². The summed E-state index contributed by atoms with van der Waals surface area (Å²) in [5.41, 5.74) is 2.72. The minimum Gasteiger partial charge on any atom is -0.339 e. The first-order valence-corrected chi connectivity index (χ1v) is 9.77. The number of nitrogens with zero attached hydrogens (tertiary/aromatic N) is 2. The monoisotopic (exact) mass is 447 g/mol. The number of aryl methyl sites for hydroxylation is 1. The third-order valence-corrected chi connectivity index (χ3v) is 4.88. The van der Waals surface area contributed by atoms with Gasteiger partial charge in [-0.2, -0.15) is 4.98 Å². The molecule has 0 unspecified atom stereocenters. The van der Waals surface area contributed by atoms with Gasteiger partial charge in [0.05, 0.1) is 10.7 Å². The lowest BCUT2D eigenvalue weighted by Gasteiger charge is -2.06. The molecule has 0 atom stereocenters. The van der Waals surface area contributed by atoms with Crippen LogP contribution in [0.5, 0.6) is 0 Å². The summed E-state index contributed by atoms with van der Waals surface area (Å²) in [6.45, 7) is 4.29. The second-order valence-corrected chi connectivity index (χ2v) is 7.78. The summed E-state index contributed by atoms with van der Waals surface area (Å²) >= 11 is 9.44. The van der Waals surface area contributed by atoms with E-state index in [9.17, 15) is 4.79 Å². The number of anilines is 1. The molecule has 3 aromatic rings. The maximum Gasteiger partial charge on any atom is 0.227 e. The molecule has 0 aliphatic carbocycles. The van der Waals surface area contributed by atoms with Crippen molar-refractivity contribution in [3.8, 4) is 11.4 Å². The van der Waals surface area contributed by atoms with Crippen LogP contribution in [0.3, 0.4) is 0 Å². The van der Waals surface area contributed by atoms with Gasteiger partial charge in [0, 0.05) is 22.9 Å². The number of aromatic nitrogens is 2. The molecule has 0 aliphatic rings. The molecule has 0 saturated heterocycles. The largest absolute Gasteiger partial charge is 0.339 e. The molecular formula is C20H19BrClN3O2. The van der Waals surface area contributed by atoms with Gasteiger partial charge in [-0.15, -0.1) is 0 Å². The van der Waals surface area contributed by atoms with Crippen LogP contribution >= 0.6 is 27.5 Å². The van der Waals surface area contributed by atoms with Gasteiger partial charge in [-0.1, -0.05) is 70.8 Å². The van der Waals surface area contributed by atoms with E-state index >= 15 is 0 Å². The summed E-state index contributed by atoms with van der Waals surface area (Å²) in [4.78, 5) is 16.5. The quantitative estimate of drug-likeness (QED) is 0.514. The Bertz CT molecular complexity index is 939. The molecule has 1 aromatic heterocycles. The Labute approximate surface area is 171 Å². The first-order chi connectivity index (χ1) is 12.9. The first kappa shape index (κ1) is 19.6. The van der Waals surface area contributed by atoms with Crippen molar-refractivity contribution in [2.24, 2.45) is 0 Å². The van der Waals surface area contributed by atoms with Crippen molar-refractivity contribution in [2.45, 2.75) is 32.6 Å². The Kier molecular flexibility index (Phi) is 6.29. The third kappa shape index (κ3) is 5.17. The molecule has 3 rings (SSSR count). The summed E-state index contributed by atoms with van der Waals surface area (Å²) in [5, 5.41) is 7.26. The predicted molar refractivity (Wildman–Crippen MR) is 110 cm³/mol. The summed E-state index contributed by atoms with van der Waals surface area (Å²) in [6, 6.07) is 13.4. The van der Waals surface area contributed by atoms with E-state index in [0.717, 1.165) is 10.0 Å². The fourth-order valence-corrected chi connectivity index (χ4v) is 3.24. The van der Waals surface area contributed by atoms with E-state index in [4.69, 9.17) is 16.1 Å². The van der Waals surface area contributed by atoms with Gasteiger partial charge in [0.15, 0.2) is 0 Å². The number of carbonyl (C=O) groups excluding carboxylic acids is 1. The number of hydrogen-bond donors (Lipinski definition) is 1. The summed E-state index contributed by atoms with van der Waals surface area (Å²) in [7, 11) is 0. The molecule has 0 radical (unpaired) electrons. The van der Waals surface area contributed by atoms with Gasteiger partial charge in [-0.25, -0.2) is 0 Å². The number of nitrogens with one attached hydrogen (secondary N) is 1. The van der Waals surface area contributed by atoms with Crippen molar-refractivity contribution in [1.29, 1.82) is 0 Å². The molecule has 5 nitrogen and oxygen atoms in total. The second-order valence-electron chi connectivity index (χ2n) is 6.46. The van der Waals surface area contributed by atoms with Crippen LogP contribution in [-0.4, -0.2) is 16.0 Å². The highest BCUT2D eigenvalue weighted by Gasteiger charge is 2.12. The molecular weight excluding hydrogens is 430 g/mol. The topological polar surface area (TPSA) is 68.0 Å². The number of hydrogen-bond acceptors (Lipinski definition) is 4. The van der Waals surface area contributed by atoms with E-state index in [1.54, 1.807) is 12.1 Å². The predicted octanol–water partition coefficient (Wildman–Crippen LogP) is 5.85. The van der Waals surface area contributed by atoms with Gasteiger partial charge >= 0.3 is 0 Å². The average molecular weight is 449 g/mol. The normalized spacial score (nSPS) is 11.0. The molecule has 0 fully saturated rings. The molecule has 1 amide bonds. The molecule has 27 heavy (non-hydrogen) atoms. The summed E-state index contributed by atoms with van der Waals surface area (Å²) in [6.07, 6.45) is 0.581. The minimum absolute atomic E-state index is 0.166. The molecule has 2 aromatic carbocycles. The molecule has 7 heteroatoms. The zero-order chi connectivity index (χ0) is 19.4. The van der Waals surface area contributed by atoms with Crippen LogP contribution in [0, 0.1) is 0 Å². The van der Waals surface area contributed by atoms with Gasteiger partial charge in [-0.05, 0) is 29.7 Å². The summed E-state index contributed by atoms with van der Waals surface area (Å²) in [5.74, 6) is 1.25. The van der Waals surface area contributed by atoms with Crippen molar-refractivity contribution in [3.05, 3.63) is 63.4 Å². The molecule has 1 heterocycles. The Morgan fingerprint density at radius 3 is 2.63 bits per heavy atom. The van der Waals surface area contributed by atoms with Gasteiger partial charge in [0.25, 0.3) is 0 Å². The van der Waals surface area contributed by atoms with E-state index in [1.165, 1.54) is 5.56 Å². The highest BCUT2D eigenvalue weighted by molar-refractivity contribution is 9.10. The molecule has 0 aliphatic heterocycles. The zero-order valence-corrected chi connectivity index (χ0v) is 17.3. The average Bonchev–Trinajstić information content (AvgIpc) is 3.11. The maximum atomic E-state index is 12.1. The van der Waals surface area contributed by atoms with Crippen LogP contribution in [0.15, 0.2) is 51.5 Å². The third-order valence-electron chi connectivity index (χ3n) is 4.07. The van der Waals surface area contributed by atoms with Crippen LogP contribution in [0.2, 0.25) is 5.02 Å². The van der Waals surface area contributed by atoms with E-state index in [0.29, 0.717) is 34.8 Å². The molecule has 0 bridgehead atoms. The van der Waals surface area contributed by atoms with Crippen LogP contribution in [0.1, 0.15) is 37.6 Å². The van der Waals surface area contributed by atoms with Crippen LogP contribution in [-0.2, 0) is 11.2 Å². The number of amides is 1. The number of benzene rings is 2.